The summed E-state index contributed by atoms with van der Waals surface area (Å²) in [6.07, 6.45) is 3.40. The molecule has 0 aliphatic heterocycles. The van der Waals surface area contributed by atoms with E-state index >= 15 is 0 Å². The summed E-state index contributed by atoms with van der Waals surface area (Å²) in [5, 5.41) is 9.09. The molecule has 0 aromatic carbocycles. The van der Waals surface area contributed by atoms with Gasteiger partial charge in [0.25, 0.3) is 0 Å². The second kappa shape index (κ2) is 6.58. The van der Waals surface area contributed by atoms with Gasteiger partial charge in [-0.3, -0.25) is 0 Å². The van der Waals surface area contributed by atoms with Crippen LogP contribution in [-0.4, -0.2) is 23.8 Å². The zero-order valence-electron chi connectivity index (χ0n) is 7.29. The summed E-state index contributed by atoms with van der Waals surface area (Å²) < 4.78 is 0. The van der Waals surface area contributed by atoms with E-state index < -0.39 is 0 Å². The van der Waals surface area contributed by atoms with Crippen LogP contribution in [-0.2, 0) is 0 Å². The summed E-state index contributed by atoms with van der Waals surface area (Å²) in [6.45, 7) is 2.46. The van der Waals surface area contributed by atoms with Crippen molar-refractivity contribution in [3.63, 3.8) is 0 Å². The minimum atomic E-state index is -0.363. The van der Waals surface area contributed by atoms with E-state index in [4.69, 9.17) is 16.6 Å². The van der Waals surface area contributed by atoms with Crippen LogP contribution >= 0.6 is 0 Å². The maximum absolute atomic E-state index is 9.09. The first-order valence-corrected chi connectivity index (χ1v) is 4.34. The first-order valence-electron chi connectivity index (χ1n) is 4.34. The molecule has 11 heavy (non-hydrogen) atoms. The second-order valence-corrected chi connectivity index (χ2v) is 3.02. The molecule has 0 saturated carbocycles. The predicted octanol–water partition coefficient (Wildman–Crippen LogP) is 0.214. The van der Waals surface area contributed by atoms with Gasteiger partial charge in [0.15, 0.2) is 0 Å². The molecule has 3 nitrogen and oxygen atoms in total. The van der Waals surface area contributed by atoms with Gasteiger partial charge in [0.1, 0.15) is 0 Å². The number of nitrogens with two attached hydrogens (primary N) is 2. The Kier molecular flexibility index (Phi) is 6.51. The molecule has 0 aliphatic carbocycles. The normalized spacial score (nSPS) is 16.4. The molecule has 0 aromatic heterocycles. The Balaban J connectivity index is 3.22. The highest BCUT2D eigenvalue weighted by Gasteiger charge is 2.05. The highest BCUT2D eigenvalue weighted by Crippen LogP contribution is 2.03. The van der Waals surface area contributed by atoms with Gasteiger partial charge in [-0.2, -0.15) is 0 Å². The standard InChI is InChI=1S/C8H20N2O/c1-2-3-7(10)4-5-8(11)6-9/h7-8,11H,2-6,9-10H2,1H3/t7-,8+/m0/s1. The summed E-state index contributed by atoms with van der Waals surface area (Å²) in [5.41, 5.74) is 11.0. The van der Waals surface area contributed by atoms with Crippen LogP contribution in [0, 0.1) is 0 Å². The van der Waals surface area contributed by atoms with Crippen molar-refractivity contribution in [1.82, 2.24) is 0 Å². The van der Waals surface area contributed by atoms with Crippen LogP contribution in [0.15, 0.2) is 0 Å². The Morgan fingerprint density at radius 2 is 1.91 bits per heavy atom. The number of aliphatic hydroxyl groups excluding tert-OH is 1. The molecular weight excluding hydrogens is 140 g/mol. The Bertz CT molecular complexity index is 88.2. The fourth-order valence-electron chi connectivity index (χ4n) is 1.04. The summed E-state index contributed by atoms with van der Waals surface area (Å²) >= 11 is 0. The van der Waals surface area contributed by atoms with Crippen LogP contribution in [0.4, 0.5) is 0 Å². The molecule has 0 aromatic rings. The number of hydrogen-bond acceptors (Lipinski definition) is 3. The summed E-state index contributed by atoms with van der Waals surface area (Å²) in [5.74, 6) is 0. The predicted molar refractivity (Wildman–Crippen MR) is 47.2 cm³/mol. The average Bonchev–Trinajstić information content (AvgIpc) is 2.01. The third-order valence-corrected chi connectivity index (χ3v) is 1.80. The van der Waals surface area contributed by atoms with Crippen LogP contribution in [0.1, 0.15) is 32.6 Å². The molecule has 0 unspecified atom stereocenters. The summed E-state index contributed by atoms with van der Waals surface area (Å²) in [4.78, 5) is 0. The van der Waals surface area contributed by atoms with Gasteiger partial charge in [-0.05, 0) is 19.3 Å². The van der Waals surface area contributed by atoms with Crippen LogP contribution in [0.5, 0.6) is 0 Å². The molecule has 0 fully saturated rings. The smallest absolute Gasteiger partial charge is 0.0663 e. The highest BCUT2D eigenvalue weighted by atomic mass is 16.3. The molecule has 2 atom stereocenters. The fraction of sp³-hybridized carbons (Fsp3) is 1.00. The second-order valence-electron chi connectivity index (χ2n) is 3.02. The van der Waals surface area contributed by atoms with Crippen LogP contribution in [0.3, 0.4) is 0 Å². The molecule has 0 heterocycles. The zero-order chi connectivity index (χ0) is 8.69. The van der Waals surface area contributed by atoms with Crippen molar-refractivity contribution in [2.24, 2.45) is 11.5 Å². The molecule has 5 N–H and O–H groups in total. The van der Waals surface area contributed by atoms with E-state index in [2.05, 4.69) is 6.92 Å². The topological polar surface area (TPSA) is 72.3 Å². The van der Waals surface area contributed by atoms with Crippen molar-refractivity contribution in [2.45, 2.75) is 44.8 Å². The van der Waals surface area contributed by atoms with E-state index in [9.17, 15) is 0 Å². The van der Waals surface area contributed by atoms with Gasteiger partial charge in [-0.15, -0.1) is 0 Å². The lowest BCUT2D eigenvalue weighted by atomic mass is 10.0. The molecule has 0 amide bonds. The summed E-state index contributed by atoms with van der Waals surface area (Å²) in [7, 11) is 0. The van der Waals surface area contributed by atoms with Crippen molar-refractivity contribution < 1.29 is 5.11 Å². The minimum absolute atomic E-state index is 0.237. The van der Waals surface area contributed by atoms with E-state index in [0.717, 1.165) is 25.7 Å². The van der Waals surface area contributed by atoms with Gasteiger partial charge in [-0.25, -0.2) is 0 Å². The Labute approximate surface area is 68.8 Å². The lowest BCUT2D eigenvalue weighted by Crippen LogP contribution is -2.25. The van der Waals surface area contributed by atoms with Gasteiger partial charge in [0.2, 0.25) is 0 Å². The maximum atomic E-state index is 9.09. The molecule has 0 bridgehead atoms. The highest BCUT2D eigenvalue weighted by molar-refractivity contribution is 4.64. The van der Waals surface area contributed by atoms with Crippen molar-refractivity contribution in [3.8, 4) is 0 Å². The Hall–Kier alpha value is -0.120. The summed E-state index contributed by atoms with van der Waals surface area (Å²) in [6, 6.07) is 0.237. The van der Waals surface area contributed by atoms with E-state index in [1.165, 1.54) is 0 Å². The fourth-order valence-corrected chi connectivity index (χ4v) is 1.04. The van der Waals surface area contributed by atoms with Gasteiger partial charge in [0, 0.05) is 12.6 Å². The molecule has 0 spiro atoms. The third kappa shape index (κ3) is 6.28. The molecular formula is C8H20N2O. The van der Waals surface area contributed by atoms with Gasteiger partial charge in [-0.1, -0.05) is 13.3 Å². The zero-order valence-corrected chi connectivity index (χ0v) is 7.29. The molecule has 0 rings (SSSR count). The molecule has 0 saturated heterocycles. The lowest BCUT2D eigenvalue weighted by Gasteiger charge is -2.12. The average molecular weight is 160 g/mol. The first kappa shape index (κ1) is 10.9. The van der Waals surface area contributed by atoms with E-state index in [1.54, 1.807) is 0 Å². The van der Waals surface area contributed by atoms with E-state index in [0.29, 0.717) is 6.54 Å². The molecule has 3 heteroatoms. The number of hydrogen-bond donors (Lipinski definition) is 3. The van der Waals surface area contributed by atoms with Crippen LogP contribution in [0.25, 0.3) is 0 Å². The Morgan fingerprint density at radius 3 is 2.36 bits per heavy atom. The van der Waals surface area contributed by atoms with Crippen LogP contribution in [0.2, 0.25) is 0 Å². The third-order valence-electron chi connectivity index (χ3n) is 1.80. The molecule has 68 valence electrons. The Morgan fingerprint density at radius 1 is 1.27 bits per heavy atom. The van der Waals surface area contributed by atoms with Crippen molar-refractivity contribution >= 4 is 0 Å². The van der Waals surface area contributed by atoms with Gasteiger partial charge >= 0.3 is 0 Å². The van der Waals surface area contributed by atoms with Crippen LogP contribution < -0.4 is 11.5 Å². The van der Waals surface area contributed by atoms with E-state index in [-0.39, 0.29) is 12.1 Å². The maximum Gasteiger partial charge on any atom is 0.0663 e. The largest absolute Gasteiger partial charge is 0.392 e. The van der Waals surface area contributed by atoms with Crippen molar-refractivity contribution in [2.75, 3.05) is 6.54 Å². The quantitative estimate of drug-likeness (QED) is 0.520. The number of aliphatic hydroxyl groups is 1. The molecule has 0 aliphatic rings. The first-order chi connectivity index (χ1) is 5.20. The van der Waals surface area contributed by atoms with E-state index in [1.807, 2.05) is 0 Å². The monoisotopic (exact) mass is 160 g/mol. The minimum Gasteiger partial charge on any atom is -0.392 e. The molecule has 0 radical (unpaired) electrons. The van der Waals surface area contributed by atoms with Crippen molar-refractivity contribution in [3.05, 3.63) is 0 Å². The SMILES string of the molecule is CCC[C@H](N)CC[C@@H](O)CN. The van der Waals surface area contributed by atoms with Gasteiger partial charge in [0.05, 0.1) is 6.10 Å². The van der Waals surface area contributed by atoms with Crippen molar-refractivity contribution in [1.29, 1.82) is 0 Å². The lowest BCUT2D eigenvalue weighted by molar-refractivity contribution is 0.166. The van der Waals surface area contributed by atoms with Gasteiger partial charge < -0.3 is 16.6 Å². The number of rotatable bonds is 6.